The Morgan fingerprint density at radius 2 is 0.608 bits per heavy atom. The Labute approximate surface area is 431 Å². The van der Waals surface area contributed by atoms with Crippen LogP contribution >= 0.6 is 0 Å². The summed E-state index contributed by atoms with van der Waals surface area (Å²) in [6.07, 6.45) is 0. The van der Waals surface area contributed by atoms with Crippen LogP contribution in [0.15, 0.2) is 279 Å². The molecule has 0 saturated carbocycles. The number of para-hydroxylation sites is 3. The van der Waals surface area contributed by atoms with E-state index in [1.165, 1.54) is 111 Å². The van der Waals surface area contributed by atoms with Crippen molar-refractivity contribution in [2.45, 2.75) is 10.8 Å². The van der Waals surface area contributed by atoms with E-state index >= 15 is 0 Å². The molecule has 1 atom stereocenters. The van der Waals surface area contributed by atoms with Gasteiger partial charge in [-0.2, -0.15) is 0 Å². The van der Waals surface area contributed by atoms with Gasteiger partial charge >= 0.3 is 0 Å². The third kappa shape index (κ3) is 5.23. The number of benzene rings is 12. The van der Waals surface area contributed by atoms with Crippen LogP contribution in [0.5, 0.6) is 0 Å². The molecule has 344 valence electrons. The minimum absolute atomic E-state index is 0.558. The summed E-state index contributed by atoms with van der Waals surface area (Å²) in [5, 5.41) is 2.47. The molecule has 74 heavy (non-hydrogen) atoms. The lowest BCUT2D eigenvalue weighted by molar-refractivity contribution is 0.791. The van der Waals surface area contributed by atoms with Crippen LogP contribution in [-0.2, 0) is 10.8 Å². The molecule has 2 nitrogen and oxygen atoms in total. The molecule has 0 N–H and O–H groups in total. The molecule has 4 aliphatic rings. The SMILES string of the molecule is c1ccc(N(c2ccccc2)c2cc3ccccc3c3c2C2(c4ccccc4-c4c(N(c5ccccc5)c5cccc6c5C5(c7ccccc7-c7ccccc75)c5ccccc5-6)cccc42)c2ccccc2-3)cc1. The Balaban J connectivity index is 1.04. The van der Waals surface area contributed by atoms with Crippen LogP contribution in [0.2, 0.25) is 0 Å². The van der Waals surface area contributed by atoms with E-state index in [0.29, 0.717) is 0 Å². The zero-order valence-corrected chi connectivity index (χ0v) is 40.5. The highest BCUT2D eigenvalue weighted by Gasteiger charge is 2.56. The average molecular weight is 939 g/mol. The molecule has 0 radical (unpaired) electrons. The number of anilines is 6. The van der Waals surface area contributed by atoms with Crippen molar-refractivity contribution < 1.29 is 0 Å². The monoisotopic (exact) mass is 938 g/mol. The van der Waals surface area contributed by atoms with Crippen molar-refractivity contribution in [1.29, 1.82) is 0 Å². The fraction of sp³-hybridized carbons (Fsp3) is 0.0278. The van der Waals surface area contributed by atoms with Crippen LogP contribution in [0.3, 0.4) is 0 Å². The van der Waals surface area contributed by atoms with Gasteiger partial charge in [-0.3, -0.25) is 0 Å². The normalized spacial score (nSPS) is 15.2. The van der Waals surface area contributed by atoms with Crippen LogP contribution in [0.4, 0.5) is 34.1 Å². The van der Waals surface area contributed by atoms with Crippen molar-refractivity contribution in [3.63, 3.8) is 0 Å². The van der Waals surface area contributed by atoms with E-state index in [4.69, 9.17) is 0 Å². The van der Waals surface area contributed by atoms with Crippen molar-refractivity contribution in [2.75, 3.05) is 9.80 Å². The quantitative estimate of drug-likeness (QED) is 0.164. The maximum atomic E-state index is 2.61. The molecule has 0 fully saturated rings. The summed E-state index contributed by atoms with van der Waals surface area (Å²) in [6.45, 7) is 0. The smallest absolute Gasteiger partial charge is 0.0747 e. The van der Waals surface area contributed by atoms with E-state index in [1.807, 2.05) is 0 Å². The molecule has 12 aromatic rings. The minimum atomic E-state index is -0.698. The van der Waals surface area contributed by atoms with E-state index in [2.05, 4.69) is 289 Å². The van der Waals surface area contributed by atoms with Gasteiger partial charge < -0.3 is 9.80 Å². The molecule has 0 saturated heterocycles. The second kappa shape index (κ2) is 15.5. The zero-order valence-electron chi connectivity index (χ0n) is 40.5. The van der Waals surface area contributed by atoms with Crippen LogP contribution in [0, 0.1) is 0 Å². The Morgan fingerprint density at radius 3 is 1.18 bits per heavy atom. The summed E-state index contributed by atoms with van der Waals surface area (Å²) in [5.41, 5.74) is 26.2. The third-order valence-electron chi connectivity index (χ3n) is 16.8. The van der Waals surface area contributed by atoms with E-state index in [-0.39, 0.29) is 0 Å². The number of fused-ring (bicyclic) bond motifs is 22. The summed E-state index contributed by atoms with van der Waals surface area (Å²) < 4.78 is 0. The molecule has 0 bridgehead atoms. The van der Waals surface area contributed by atoms with Crippen LogP contribution in [-0.4, -0.2) is 0 Å². The van der Waals surface area contributed by atoms with Gasteiger partial charge in [0.05, 0.1) is 27.9 Å². The van der Waals surface area contributed by atoms with Gasteiger partial charge in [0.2, 0.25) is 0 Å². The van der Waals surface area contributed by atoms with Gasteiger partial charge in [0.15, 0.2) is 0 Å². The molecule has 16 rings (SSSR count). The van der Waals surface area contributed by atoms with Gasteiger partial charge in [0.1, 0.15) is 0 Å². The van der Waals surface area contributed by atoms with Crippen LogP contribution in [0.1, 0.15) is 44.5 Å². The first-order valence-corrected chi connectivity index (χ1v) is 25.9. The van der Waals surface area contributed by atoms with Gasteiger partial charge in [0.25, 0.3) is 0 Å². The van der Waals surface area contributed by atoms with Gasteiger partial charge in [-0.1, -0.05) is 224 Å². The Bertz CT molecular complexity index is 4170. The molecule has 0 heterocycles. The topological polar surface area (TPSA) is 6.48 Å². The highest BCUT2D eigenvalue weighted by Crippen LogP contribution is 2.70. The molecule has 0 aliphatic heterocycles. The van der Waals surface area contributed by atoms with E-state index in [0.717, 1.165) is 22.7 Å². The Hall–Kier alpha value is -9.50. The molecule has 1 unspecified atom stereocenters. The lowest BCUT2D eigenvalue weighted by Gasteiger charge is -2.37. The predicted molar refractivity (Wildman–Crippen MR) is 306 cm³/mol. The molecule has 0 amide bonds. The highest BCUT2D eigenvalue weighted by molar-refractivity contribution is 6.12. The van der Waals surface area contributed by atoms with Crippen molar-refractivity contribution in [1.82, 2.24) is 0 Å². The van der Waals surface area contributed by atoms with Crippen molar-refractivity contribution in [3.8, 4) is 44.5 Å². The number of hydrogen-bond acceptors (Lipinski definition) is 2. The lowest BCUT2D eigenvalue weighted by Crippen LogP contribution is -2.29. The van der Waals surface area contributed by atoms with Crippen LogP contribution in [0.25, 0.3) is 55.3 Å². The number of rotatable bonds is 6. The van der Waals surface area contributed by atoms with Crippen LogP contribution < -0.4 is 9.80 Å². The maximum absolute atomic E-state index is 2.61. The maximum Gasteiger partial charge on any atom is 0.0747 e. The van der Waals surface area contributed by atoms with E-state index in [1.54, 1.807) is 0 Å². The summed E-state index contributed by atoms with van der Waals surface area (Å²) >= 11 is 0. The molecule has 2 heteroatoms. The predicted octanol–water partition coefficient (Wildman–Crippen LogP) is 18.5. The second-order valence-electron chi connectivity index (χ2n) is 20.2. The first-order chi connectivity index (χ1) is 36.8. The third-order valence-corrected chi connectivity index (χ3v) is 16.8. The molecule has 0 aromatic heterocycles. The summed E-state index contributed by atoms with van der Waals surface area (Å²) in [7, 11) is 0. The van der Waals surface area contributed by atoms with Crippen molar-refractivity contribution >= 4 is 44.9 Å². The summed E-state index contributed by atoms with van der Waals surface area (Å²) in [4.78, 5) is 5.11. The lowest BCUT2D eigenvalue weighted by atomic mass is 9.69. The fourth-order valence-corrected chi connectivity index (χ4v) is 14.3. The van der Waals surface area contributed by atoms with Gasteiger partial charge in [-0.05, 0) is 138 Å². The summed E-state index contributed by atoms with van der Waals surface area (Å²) in [5.74, 6) is 0. The Kier molecular flexibility index (Phi) is 8.62. The van der Waals surface area contributed by atoms with E-state index in [9.17, 15) is 0 Å². The van der Waals surface area contributed by atoms with E-state index < -0.39 is 10.8 Å². The molecular formula is C72H46N2. The highest BCUT2D eigenvalue weighted by atomic mass is 15.2. The average Bonchev–Trinajstić information content (AvgIpc) is 4.16. The number of hydrogen-bond donors (Lipinski definition) is 0. The van der Waals surface area contributed by atoms with Crippen molar-refractivity contribution in [3.05, 3.63) is 324 Å². The first kappa shape index (κ1) is 41.2. The van der Waals surface area contributed by atoms with Gasteiger partial charge in [-0.15, -0.1) is 0 Å². The molecule has 12 aromatic carbocycles. The van der Waals surface area contributed by atoms with Crippen molar-refractivity contribution in [2.24, 2.45) is 0 Å². The fourth-order valence-electron chi connectivity index (χ4n) is 14.3. The summed E-state index contributed by atoms with van der Waals surface area (Å²) in [6, 6.07) is 105. The molecular weight excluding hydrogens is 893 g/mol. The standard InChI is InChI=1S/C72H46N2/c1-4-25-48(26-5-1)73(49-27-6-2-7-28-49)66-46-47-24-10-11-31-51(47)67-56-35-15-20-41-61(56)72(70(66)67)62-42-21-16-36-57(62)68-63(72)43-23-44-64(68)74(50-29-8-3-9-30-50)65-45-22-37-55-54-34-14-19-40-60(54)71(69(55)65)58-38-17-12-32-52(58)53-33-13-18-39-59(53)71/h1-46H. The number of nitrogens with zero attached hydrogens (tertiary/aromatic N) is 2. The van der Waals surface area contributed by atoms with Gasteiger partial charge in [-0.25, -0.2) is 0 Å². The second-order valence-corrected chi connectivity index (χ2v) is 20.2. The zero-order chi connectivity index (χ0) is 48.5. The molecule has 4 aliphatic carbocycles. The largest absolute Gasteiger partial charge is 0.310 e. The molecule has 2 spiro atoms. The minimum Gasteiger partial charge on any atom is -0.310 e. The first-order valence-electron chi connectivity index (χ1n) is 25.9. The van der Waals surface area contributed by atoms with Gasteiger partial charge in [0, 0.05) is 33.8 Å². The Morgan fingerprint density at radius 1 is 0.230 bits per heavy atom.